The number of halogens is 4. The van der Waals surface area contributed by atoms with Gasteiger partial charge in [-0.05, 0) is 47.7 Å². The molecule has 40 heavy (non-hydrogen) atoms. The van der Waals surface area contributed by atoms with Crippen LogP contribution >= 0.6 is 23.2 Å². The van der Waals surface area contributed by atoms with Gasteiger partial charge in [0, 0.05) is 29.5 Å². The van der Waals surface area contributed by atoms with Crippen LogP contribution in [-0.4, -0.2) is 28.9 Å². The summed E-state index contributed by atoms with van der Waals surface area (Å²) in [5.41, 5.74) is 5.82. The number of benzene rings is 2. The molecule has 1 aliphatic rings. The zero-order valence-corrected chi connectivity index (χ0v) is 24.0. The predicted molar refractivity (Wildman–Crippen MR) is 153 cm³/mol. The number of nitrogens with zero attached hydrogens (tertiary/aromatic N) is 1. The molecule has 0 aliphatic carbocycles. The number of aromatic nitrogens is 1. The summed E-state index contributed by atoms with van der Waals surface area (Å²) in [5, 5.41) is 8.69. The quantitative estimate of drug-likeness (QED) is 0.283. The highest BCUT2D eigenvalue weighted by molar-refractivity contribution is 6.31. The van der Waals surface area contributed by atoms with Gasteiger partial charge in [-0.3, -0.25) is 9.59 Å². The van der Waals surface area contributed by atoms with Crippen molar-refractivity contribution in [1.82, 2.24) is 10.3 Å². The fourth-order valence-electron chi connectivity index (χ4n) is 5.35. The minimum atomic E-state index is -1.58. The highest BCUT2D eigenvalue weighted by atomic mass is 35.5. The van der Waals surface area contributed by atoms with Crippen molar-refractivity contribution >= 4 is 46.5 Å². The van der Waals surface area contributed by atoms with Gasteiger partial charge in [-0.15, -0.1) is 0 Å². The summed E-state index contributed by atoms with van der Waals surface area (Å²) < 4.78 is 31.2. The first kappa shape index (κ1) is 29.9. The Balaban J connectivity index is 1.84. The standard InChI is InChI=1S/C29H31Cl2F2N5O2/c1-15(39)36-23-11-9-17(14-35-23)37-27(40)26-24(18-6-5-7-20(31)25(18)33)29(34,22(38-26)13-28(2,3)4)19-10-8-16(30)12-21(19)32/h5-12,14,22,24,26,38H,13,34H2,1-4H3,(H,37,40)(H,35,36,39)/t22-,24-,26+,29+/m0/s1. The Morgan fingerprint density at radius 3 is 2.42 bits per heavy atom. The monoisotopic (exact) mass is 589 g/mol. The van der Waals surface area contributed by atoms with Gasteiger partial charge in [-0.2, -0.15) is 0 Å². The molecule has 3 aromatic rings. The van der Waals surface area contributed by atoms with E-state index in [4.69, 9.17) is 28.9 Å². The minimum absolute atomic E-state index is 0.0764. The van der Waals surface area contributed by atoms with Crippen LogP contribution in [0, 0.1) is 17.0 Å². The van der Waals surface area contributed by atoms with E-state index >= 15 is 8.78 Å². The predicted octanol–water partition coefficient (Wildman–Crippen LogP) is 5.98. The van der Waals surface area contributed by atoms with E-state index in [1.807, 2.05) is 20.8 Å². The van der Waals surface area contributed by atoms with Crippen molar-refractivity contribution in [3.8, 4) is 0 Å². The van der Waals surface area contributed by atoms with Crippen LogP contribution in [0.1, 0.15) is 51.2 Å². The summed E-state index contributed by atoms with van der Waals surface area (Å²) in [6.45, 7) is 7.35. The molecular formula is C29H31Cl2F2N5O2. The first-order valence-corrected chi connectivity index (χ1v) is 13.4. The topological polar surface area (TPSA) is 109 Å². The van der Waals surface area contributed by atoms with Crippen molar-refractivity contribution < 1.29 is 18.4 Å². The Kier molecular flexibility index (Phi) is 8.52. The van der Waals surface area contributed by atoms with Crippen LogP contribution in [0.3, 0.4) is 0 Å². The molecule has 212 valence electrons. The van der Waals surface area contributed by atoms with Crippen molar-refractivity contribution in [1.29, 1.82) is 0 Å². The van der Waals surface area contributed by atoms with Gasteiger partial charge in [0.05, 0.1) is 28.5 Å². The number of carbonyl (C=O) groups is 2. The number of hydrogen-bond donors (Lipinski definition) is 4. The van der Waals surface area contributed by atoms with Gasteiger partial charge in [0.1, 0.15) is 17.5 Å². The molecule has 2 amide bonds. The van der Waals surface area contributed by atoms with Gasteiger partial charge in [-0.25, -0.2) is 13.8 Å². The SMILES string of the molecule is CC(=O)Nc1ccc(NC(=O)[C@@H]2N[C@@H](CC(C)(C)C)[C@](N)(c3ccc(Cl)cc3F)[C@H]2c2cccc(Cl)c2F)cn1. The number of nitrogens with one attached hydrogen (secondary N) is 3. The lowest BCUT2D eigenvalue weighted by Gasteiger charge is -2.40. The molecule has 7 nitrogen and oxygen atoms in total. The lowest BCUT2D eigenvalue weighted by atomic mass is 9.68. The number of anilines is 2. The number of pyridine rings is 1. The largest absolute Gasteiger partial charge is 0.323 e. The van der Waals surface area contributed by atoms with Crippen LogP contribution in [0.4, 0.5) is 20.3 Å². The Morgan fingerprint density at radius 2 is 1.82 bits per heavy atom. The molecule has 1 aromatic heterocycles. The molecule has 0 saturated carbocycles. The summed E-state index contributed by atoms with van der Waals surface area (Å²) in [6.07, 6.45) is 1.81. The summed E-state index contributed by atoms with van der Waals surface area (Å²) in [6, 6.07) is 9.99. The third-order valence-electron chi connectivity index (χ3n) is 6.95. The minimum Gasteiger partial charge on any atom is -0.323 e. The molecule has 1 aliphatic heterocycles. The normalized spacial score (nSPS) is 22.7. The maximum absolute atomic E-state index is 15.6. The number of rotatable bonds is 6. The van der Waals surface area contributed by atoms with Crippen molar-refractivity contribution in [3.63, 3.8) is 0 Å². The van der Waals surface area contributed by atoms with Gasteiger partial charge in [0.15, 0.2) is 0 Å². The lowest BCUT2D eigenvalue weighted by molar-refractivity contribution is -0.118. The second-order valence-electron chi connectivity index (χ2n) is 11.2. The third-order valence-corrected chi connectivity index (χ3v) is 7.48. The van der Waals surface area contributed by atoms with Crippen LogP contribution < -0.4 is 21.7 Å². The Labute approximate surface area is 241 Å². The molecule has 0 radical (unpaired) electrons. The summed E-state index contributed by atoms with van der Waals surface area (Å²) in [5.74, 6) is -2.98. The van der Waals surface area contributed by atoms with Gasteiger partial charge in [0.25, 0.3) is 0 Å². The molecule has 2 aromatic carbocycles. The summed E-state index contributed by atoms with van der Waals surface area (Å²) in [7, 11) is 0. The molecule has 5 N–H and O–H groups in total. The van der Waals surface area contributed by atoms with E-state index in [0.717, 1.165) is 6.07 Å². The zero-order valence-electron chi connectivity index (χ0n) is 22.5. The van der Waals surface area contributed by atoms with E-state index in [-0.39, 0.29) is 32.5 Å². The molecule has 2 heterocycles. The Morgan fingerprint density at radius 1 is 1.10 bits per heavy atom. The van der Waals surface area contributed by atoms with E-state index in [9.17, 15) is 9.59 Å². The number of carbonyl (C=O) groups excluding carboxylic acids is 2. The first-order valence-electron chi connectivity index (χ1n) is 12.7. The fourth-order valence-corrected chi connectivity index (χ4v) is 5.69. The first-order chi connectivity index (χ1) is 18.7. The average Bonchev–Trinajstić information content (AvgIpc) is 3.13. The van der Waals surface area contributed by atoms with Crippen molar-refractivity contribution in [3.05, 3.63) is 87.5 Å². The van der Waals surface area contributed by atoms with E-state index in [2.05, 4.69) is 20.9 Å². The average molecular weight is 591 g/mol. The second-order valence-corrected chi connectivity index (χ2v) is 12.1. The molecular weight excluding hydrogens is 559 g/mol. The van der Waals surface area contributed by atoms with Gasteiger partial charge >= 0.3 is 0 Å². The molecule has 0 bridgehead atoms. The molecule has 1 saturated heterocycles. The van der Waals surface area contributed by atoms with Crippen LogP contribution in [-0.2, 0) is 15.1 Å². The van der Waals surface area contributed by atoms with Gasteiger partial charge in [0.2, 0.25) is 11.8 Å². The molecule has 4 rings (SSSR count). The summed E-state index contributed by atoms with van der Waals surface area (Å²) in [4.78, 5) is 29.3. The molecule has 0 spiro atoms. The van der Waals surface area contributed by atoms with Crippen LogP contribution in [0.5, 0.6) is 0 Å². The highest BCUT2D eigenvalue weighted by Gasteiger charge is 2.58. The fraction of sp³-hybridized carbons (Fsp3) is 0.345. The molecule has 4 atom stereocenters. The van der Waals surface area contributed by atoms with Crippen molar-refractivity contribution in [2.45, 2.75) is 57.7 Å². The number of amides is 2. The molecule has 1 fully saturated rings. The van der Waals surface area contributed by atoms with Crippen LogP contribution in [0.2, 0.25) is 10.0 Å². The van der Waals surface area contributed by atoms with E-state index in [1.165, 1.54) is 43.5 Å². The Hall–Kier alpha value is -3.11. The third kappa shape index (κ3) is 6.12. The molecule has 0 unspecified atom stereocenters. The maximum atomic E-state index is 15.6. The van der Waals surface area contributed by atoms with E-state index in [1.54, 1.807) is 12.1 Å². The van der Waals surface area contributed by atoms with Gasteiger partial charge in [-0.1, -0.05) is 62.2 Å². The molecule has 11 heteroatoms. The maximum Gasteiger partial charge on any atom is 0.242 e. The van der Waals surface area contributed by atoms with E-state index < -0.39 is 41.1 Å². The second kappa shape index (κ2) is 11.4. The Bertz CT molecular complexity index is 1430. The van der Waals surface area contributed by atoms with Crippen LogP contribution in [0.15, 0.2) is 54.7 Å². The van der Waals surface area contributed by atoms with Crippen LogP contribution in [0.25, 0.3) is 0 Å². The number of hydrogen-bond acceptors (Lipinski definition) is 5. The van der Waals surface area contributed by atoms with Gasteiger partial charge < -0.3 is 21.7 Å². The lowest BCUT2D eigenvalue weighted by Crippen LogP contribution is -2.52. The zero-order chi connectivity index (χ0) is 29.4. The smallest absolute Gasteiger partial charge is 0.242 e. The van der Waals surface area contributed by atoms with E-state index in [0.29, 0.717) is 17.9 Å². The van der Waals surface area contributed by atoms with Crippen molar-refractivity contribution in [2.24, 2.45) is 11.1 Å². The summed E-state index contributed by atoms with van der Waals surface area (Å²) >= 11 is 12.2. The number of nitrogens with two attached hydrogens (primary N) is 1. The highest BCUT2D eigenvalue weighted by Crippen LogP contribution is 2.50. The van der Waals surface area contributed by atoms with Crippen molar-refractivity contribution in [2.75, 3.05) is 10.6 Å².